The summed E-state index contributed by atoms with van der Waals surface area (Å²) in [6.07, 6.45) is 1.83. The molecule has 0 atom stereocenters. The molecule has 5 nitrogen and oxygen atoms in total. The van der Waals surface area contributed by atoms with Crippen molar-refractivity contribution in [3.63, 3.8) is 0 Å². The van der Waals surface area contributed by atoms with Gasteiger partial charge in [-0.2, -0.15) is 4.98 Å². The van der Waals surface area contributed by atoms with Crippen molar-refractivity contribution >= 4 is 11.3 Å². The van der Waals surface area contributed by atoms with Crippen LogP contribution in [0, 0.1) is 0 Å². The Labute approximate surface area is 91.3 Å². The van der Waals surface area contributed by atoms with E-state index in [0.29, 0.717) is 12.4 Å². The highest BCUT2D eigenvalue weighted by Gasteiger charge is 2.11. The van der Waals surface area contributed by atoms with E-state index in [1.54, 1.807) is 0 Å². The van der Waals surface area contributed by atoms with Crippen LogP contribution in [0.2, 0.25) is 0 Å². The van der Waals surface area contributed by atoms with Gasteiger partial charge in [-0.3, -0.25) is 0 Å². The van der Waals surface area contributed by atoms with Crippen LogP contribution >= 0.6 is 11.3 Å². The summed E-state index contributed by atoms with van der Waals surface area (Å²) in [5.74, 6) is 1.21. The third-order valence-corrected chi connectivity index (χ3v) is 2.76. The van der Waals surface area contributed by atoms with Crippen LogP contribution in [0.4, 0.5) is 0 Å². The largest absolute Gasteiger partial charge is 0.332 e. The van der Waals surface area contributed by atoms with Gasteiger partial charge in [0.1, 0.15) is 10.7 Å². The molecule has 0 aliphatic heterocycles. The summed E-state index contributed by atoms with van der Waals surface area (Å²) >= 11 is 1.50. The van der Waals surface area contributed by atoms with E-state index in [2.05, 4.69) is 22.0 Å². The molecule has 2 heterocycles. The van der Waals surface area contributed by atoms with Crippen LogP contribution in [-0.4, -0.2) is 15.1 Å². The van der Waals surface area contributed by atoms with E-state index in [1.165, 1.54) is 11.3 Å². The van der Waals surface area contributed by atoms with E-state index in [0.717, 1.165) is 29.4 Å². The lowest BCUT2D eigenvalue weighted by Crippen LogP contribution is -1.94. The number of nitrogens with zero attached hydrogens (tertiary/aromatic N) is 3. The highest BCUT2D eigenvalue weighted by atomic mass is 32.1. The normalized spacial score (nSPS) is 10.8. The SMILES string of the molecule is CCCc1noc(-c2csc(CN)n2)n1. The number of aryl methyl sites for hydroxylation is 1. The van der Waals surface area contributed by atoms with Crippen molar-refractivity contribution in [3.05, 3.63) is 16.2 Å². The Balaban J connectivity index is 2.21. The summed E-state index contributed by atoms with van der Waals surface area (Å²) in [6.45, 7) is 2.52. The second-order valence-corrected chi connectivity index (χ2v) is 4.04. The first-order valence-corrected chi connectivity index (χ1v) is 5.69. The van der Waals surface area contributed by atoms with E-state index in [-0.39, 0.29) is 0 Å². The Morgan fingerprint density at radius 3 is 3.00 bits per heavy atom. The van der Waals surface area contributed by atoms with Crippen LogP contribution in [0.1, 0.15) is 24.2 Å². The molecular formula is C9H12N4OS. The Morgan fingerprint density at radius 2 is 2.33 bits per heavy atom. The molecule has 0 unspecified atom stereocenters. The Kier molecular flexibility index (Phi) is 3.08. The highest BCUT2D eigenvalue weighted by molar-refractivity contribution is 7.09. The Hall–Kier alpha value is -1.27. The van der Waals surface area contributed by atoms with Gasteiger partial charge in [-0.05, 0) is 6.42 Å². The van der Waals surface area contributed by atoms with Crippen molar-refractivity contribution in [2.24, 2.45) is 5.73 Å². The van der Waals surface area contributed by atoms with Crippen molar-refractivity contribution in [2.75, 3.05) is 0 Å². The number of aromatic nitrogens is 3. The van der Waals surface area contributed by atoms with Gasteiger partial charge in [0, 0.05) is 18.3 Å². The first kappa shape index (κ1) is 10.3. The summed E-state index contributed by atoms with van der Waals surface area (Å²) in [7, 11) is 0. The maximum Gasteiger partial charge on any atom is 0.277 e. The fourth-order valence-corrected chi connectivity index (χ4v) is 1.83. The molecule has 2 rings (SSSR count). The van der Waals surface area contributed by atoms with Crippen LogP contribution in [0.15, 0.2) is 9.90 Å². The second-order valence-electron chi connectivity index (χ2n) is 3.10. The van der Waals surface area contributed by atoms with Crippen molar-refractivity contribution in [2.45, 2.75) is 26.3 Å². The number of rotatable bonds is 4. The molecule has 2 aromatic heterocycles. The average molecular weight is 224 g/mol. The fourth-order valence-electron chi connectivity index (χ4n) is 1.19. The zero-order valence-corrected chi connectivity index (χ0v) is 9.25. The molecule has 0 aliphatic carbocycles. The van der Waals surface area contributed by atoms with Crippen LogP contribution < -0.4 is 5.73 Å². The van der Waals surface area contributed by atoms with Crippen molar-refractivity contribution in [3.8, 4) is 11.6 Å². The predicted molar refractivity (Wildman–Crippen MR) is 57.3 cm³/mol. The lowest BCUT2D eigenvalue weighted by molar-refractivity contribution is 0.421. The summed E-state index contributed by atoms with van der Waals surface area (Å²) in [5.41, 5.74) is 6.19. The third-order valence-electron chi connectivity index (χ3n) is 1.89. The zero-order valence-electron chi connectivity index (χ0n) is 8.43. The smallest absolute Gasteiger partial charge is 0.277 e. The first-order chi connectivity index (χ1) is 7.33. The Morgan fingerprint density at radius 1 is 1.47 bits per heavy atom. The average Bonchev–Trinajstić information content (AvgIpc) is 2.85. The summed E-state index contributed by atoms with van der Waals surface area (Å²) in [5, 5.41) is 6.62. The minimum atomic E-state index is 0.445. The molecule has 15 heavy (non-hydrogen) atoms. The molecule has 0 fully saturated rings. The minimum absolute atomic E-state index is 0.445. The van der Waals surface area contributed by atoms with Gasteiger partial charge in [-0.1, -0.05) is 12.1 Å². The quantitative estimate of drug-likeness (QED) is 0.853. The zero-order chi connectivity index (χ0) is 10.7. The lowest BCUT2D eigenvalue weighted by Gasteiger charge is -1.85. The van der Waals surface area contributed by atoms with Gasteiger partial charge >= 0.3 is 0 Å². The molecular weight excluding hydrogens is 212 g/mol. The molecule has 2 aromatic rings. The van der Waals surface area contributed by atoms with E-state index in [9.17, 15) is 0 Å². The minimum Gasteiger partial charge on any atom is -0.332 e. The van der Waals surface area contributed by atoms with Crippen molar-refractivity contribution in [1.29, 1.82) is 0 Å². The molecule has 0 radical (unpaired) electrons. The fraction of sp³-hybridized carbons (Fsp3) is 0.444. The van der Waals surface area contributed by atoms with E-state index < -0.39 is 0 Å². The van der Waals surface area contributed by atoms with Crippen molar-refractivity contribution in [1.82, 2.24) is 15.1 Å². The molecule has 2 N–H and O–H groups in total. The van der Waals surface area contributed by atoms with Gasteiger partial charge < -0.3 is 10.3 Å². The lowest BCUT2D eigenvalue weighted by atomic mass is 10.3. The van der Waals surface area contributed by atoms with Crippen LogP contribution in [0.25, 0.3) is 11.6 Å². The van der Waals surface area contributed by atoms with E-state index >= 15 is 0 Å². The summed E-state index contributed by atoms with van der Waals surface area (Å²) in [6, 6.07) is 0. The second kappa shape index (κ2) is 4.50. The molecule has 6 heteroatoms. The molecule has 0 aliphatic rings. The molecule has 0 bridgehead atoms. The monoisotopic (exact) mass is 224 g/mol. The first-order valence-electron chi connectivity index (χ1n) is 4.81. The maximum atomic E-state index is 5.48. The number of hydrogen-bond donors (Lipinski definition) is 1. The van der Waals surface area contributed by atoms with E-state index in [4.69, 9.17) is 10.3 Å². The number of nitrogens with two attached hydrogens (primary N) is 1. The van der Waals surface area contributed by atoms with Crippen LogP contribution in [0.5, 0.6) is 0 Å². The van der Waals surface area contributed by atoms with Gasteiger partial charge in [0.2, 0.25) is 0 Å². The number of thiazole rings is 1. The van der Waals surface area contributed by atoms with Crippen LogP contribution in [0.3, 0.4) is 0 Å². The van der Waals surface area contributed by atoms with Gasteiger partial charge in [-0.25, -0.2) is 4.98 Å². The molecule has 0 spiro atoms. The number of hydrogen-bond acceptors (Lipinski definition) is 6. The molecule has 0 saturated carbocycles. The van der Waals surface area contributed by atoms with Gasteiger partial charge in [0.05, 0.1) is 0 Å². The van der Waals surface area contributed by atoms with Gasteiger partial charge in [-0.15, -0.1) is 11.3 Å². The molecule has 0 saturated heterocycles. The topological polar surface area (TPSA) is 77.8 Å². The van der Waals surface area contributed by atoms with Crippen molar-refractivity contribution < 1.29 is 4.52 Å². The predicted octanol–water partition coefficient (Wildman–Crippen LogP) is 1.60. The standard InChI is InChI=1S/C9H12N4OS/c1-2-3-7-12-9(14-13-7)6-5-15-8(4-10)11-6/h5H,2-4,10H2,1H3. The Bertz CT molecular complexity index is 437. The molecule has 0 aromatic carbocycles. The van der Waals surface area contributed by atoms with Gasteiger partial charge in [0.25, 0.3) is 5.89 Å². The van der Waals surface area contributed by atoms with Crippen LogP contribution in [-0.2, 0) is 13.0 Å². The molecule has 0 amide bonds. The maximum absolute atomic E-state index is 5.48. The third kappa shape index (κ3) is 2.21. The molecule has 80 valence electrons. The van der Waals surface area contributed by atoms with Gasteiger partial charge in [0.15, 0.2) is 5.82 Å². The summed E-state index contributed by atoms with van der Waals surface area (Å²) < 4.78 is 5.10. The summed E-state index contributed by atoms with van der Waals surface area (Å²) in [4.78, 5) is 8.51. The van der Waals surface area contributed by atoms with E-state index in [1.807, 2.05) is 5.38 Å². The highest BCUT2D eigenvalue weighted by Crippen LogP contribution is 2.19.